The van der Waals surface area contributed by atoms with E-state index >= 15 is 0 Å². The molecule has 2 unspecified atom stereocenters. The van der Waals surface area contributed by atoms with Crippen molar-refractivity contribution in [3.63, 3.8) is 0 Å². The molecular weight excluding hydrogens is 276 g/mol. The number of nitrogens with two attached hydrogens (primary N) is 1. The second kappa shape index (κ2) is 9.73. The molecule has 8 nitrogen and oxygen atoms in total. The van der Waals surface area contributed by atoms with Gasteiger partial charge in [-0.25, -0.2) is 0 Å². The van der Waals surface area contributed by atoms with Crippen LogP contribution in [0, 0.1) is 5.92 Å². The van der Waals surface area contributed by atoms with E-state index in [4.69, 9.17) is 5.73 Å². The number of primary amides is 1. The maximum atomic E-state index is 11.8. The fourth-order valence-corrected chi connectivity index (χ4v) is 1.68. The van der Waals surface area contributed by atoms with Crippen LogP contribution in [0.25, 0.3) is 0 Å². The smallest absolute Gasteiger partial charge is 0.243 e. The van der Waals surface area contributed by atoms with Crippen molar-refractivity contribution in [3.05, 3.63) is 0 Å². The van der Waals surface area contributed by atoms with Gasteiger partial charge < -0.3 is 21.7 Å². The van der Waals surface area contributed by atoms with Crippen molar-refractivity contribution < 1.29 is 19.2 Å². The van der Waals surface area contributed by atoms with E-state index in [0.29, 0.717) is 12.8 Å². The number of amides is 4. The van der Waals surface area contributed by atoms with Crippen LogP contribution in [-0.2, 0) is 19.2 Å². The molecule has 0 heterocycles. The lowest BCUT2D eigenvalue weighted by Gasteiger charge is -2.19. The fraction of sp³-hybridized carbons (Fsp3) is 0.692. The Bertz CT molecular complexity index is 384. The molecule has 0 saturated carbocycles. The Morgan fingerprint density at radius 1 is 1.19 bits per heavy atom. The van der Waals surface area contributed by atoms with Gasteiger partial charge in [0.25, 0.3) is 0 Å². The molecule has 2 atom stereocenters. The number of nitrogens with one attached hydrogen (secondary N) is 3. The monoisotopic (exact) mass is 300 g/mol. The maximum Gasteiger partial charge on any atom is 0.243 e. The first-order valence-corrected chi connectivity index (χ1v) is 6.83. The molecule has 120 valence electrons. The van der Waals surface area contributed by atoms with E-state index in [1.807, 2.05) is 0 Å². The lowest BCUT2D eigenvalue weighted by Crippen LogP contribution is -2.50. The van der Waals surface area contributed by atoms with E-state index in [9.17, 15) is 19.2 Å². The summed E-state index contributed by atoms with van der Waals surface area (Å²) in [5.41, 5.74) is 5.02. The molecule has 0 spiro atoms. The predicted octanol–water partition coefficient (Wildman–Crippen LogP) is -1.36. The zero-order valence-corrected chi connectivity index (χ0v) is 12.6. The molecule has 0 aliphatic heterocycles. The van der Waals surface area contributed by atoms with Crippen LogP contribution in [0.5, 0.6) is 0 Å². The van der Waals surface area contributed by atoms with Crippen molar-refractivity contribution in [2.24, 2.45) is 11.7 Å². The van der Waals surface area contributed by atoms with Gasteiger partial charge in [-0.3, -0.25) is 19.2 Å². The van der Waals surface area contributed by atoms with Crippen LogP contribution in [0.1, 0.15) is 33.6 Å². The van der Waals surface area contributed by atoms with Crippen molar-refractivity contribution in [1.29, 1.82) is 0 Å². The molecule has 0 radical (unpaired) electrons. The van der Waals surface area contributed by atoms with Crippen molar-refractivity contribution in [2.45, 2.75) is 45.7 Å². The molecule has 0 aromatic rings. The van der Waals surface area contributed by atoms with Crippen LogP contribution >= 0.6 is 0 Å². The Morgan fingerprint density at radius 2 is 1.81 bits per heavy atom. The molecular formula is C13H24N4O4. The summed E-state index contributed by atoms with van der Waals surface area (Å²) in [7, 11) is 0. The van der Waals surface area contributed by atoms with Crippen LogP contribution in [0.15, 0.2) is 0 Å². The number of carbonyl (C=O) groups is 4. The highest BCUT2D eigenvalue weighted by molar-refractivity contribution is 5.88. The summed E-state index contributed by atoms with van der Waals surface area (Å²) in [6, 6.07) is -0.890. The Morgan fingerprint density at radius 3 is 2.29 bits per heavy atom. The highest BCUT2D eigenvalue weighted by Gasteiger charge is 2.21. The molecule has 0 aliphatic rings. The van der Waals surface area contributed by atoms with E-state index in [1.54, 1.807) is 20.8 Å². The summed E-state index contributed by atoms with van der Waals surface area (Å²) in [5, 5.41) is 7.50. The van der Waals surface area contributed by atoms with Crippen LogP contribution < -0.4 is 21.7 Å². The van der Waals surface area contributed by atoms with Gasteiger partial charge in [-0.1, -0.05) is 13.8 Å². The Hall–Kier alpha value is -2.12. The van der Waals surface area contributed by atoms with Crippen molar-refractivity contribution in [1.82, 2.24) is 16.0 Å². The Balaban J connectivity index is 4.13. The summed E-state index contributed by atoms with van der Waals surface area (Å²) in [6.07, 6.45) is 1.08. The average Bonchev–Trinajstić information content (AvgIpc) is 2.39. The van der Waals surface area contributed by atoms with Crippen molar-refractivity contribution in [3.8, 4) is 0 Å². The minimum Gasteiger partial charge on any atom is -0.370 e. The van der Waals surface area contributed by atoms with Crippen LogP contribution in [0.2, 0.25) is 0 Å². The molecule has 0 aliphatic carbocycles. The van der Waals surface area contributed by atoms with Crippen molar-refractivity contribution >= 4 is 24.1 Å². The molecule has 0 fully saturated rings. The number of hydrogen-bond donors (Lipinski definition) is 4. The predicted molar refractivity (Wildman–Crippen MR) is 76.9 cm³/mol. The molecule has 0 aromatic carbocycles. The maximum absolute atomic E-state index is 11.8. The average molecular weight is 300 g/mol. The quantitative estimate of drug-likeness (QED) is 0.371. The molecule has 8 heteroatoms. The highest BCUT2D eigenvalue weighted by atomic mass is 16.2. The fourth-order valence-electron chi connectivity index (χ4n) is 1.68. The minimum absolute atomic E-state index is 0.0900. The molecule has 4 amide bonds. The zero-order valence-electron chi connectivity index (χ0n) is 12.6. The van der Waals surface area contributed by atoms with E-state index in [-0.39, 0.29) is 30.8 Å². The summed E-state index contributed by atoms with van der Waals surface area (Å²) in [6.45, 7) is 5.12. The molecule has 21 heavy (non-hydrogen) atoms. The van der Waals surface area contributed by atoms with Crippen LogP contribution in [-0.4, -0.2) is 42.8 Å². The first-order valence-electron chi connectivity index (χ1n) is 6.83. The van der Waals surface area contributed by atoms with Crippen molar-refractivity contribution in [2.75, 3.05) is 6.54 Å². The first kappa shape index (κ1) is 18.9. The molecule has 0 bridgehead atoms. The van der Waals surface area contributed by atoms with Gasteiger partial charge in [-0.15, -0.1) is 0 Å². The van der Waals surface area contributed by atoms with E-state index in [1.165, 1.54) is 0 Å². The van der Waals surface area contributed by atoms with Gasteiger partial charge in [0.1, 0.15) is 6.04 Å². The normalized spacial score (nSPS) is 13.1. The summed E-state index contributed by atoms with van der Waals surface area (Å²) in [4.78, 5) is 44.5. The zero-order chi connectivity index (χ0) is 16.4. The molecule has 0 saturated heterocycles. The standard InChI is InChI=1S/C13H24N4O4/c1-8(2)12(16-7-18)13(21)15-6-11(20)17-9(3)4-5-10(14)19/h7-9,12H,4-6H2,1-3H3,(H2,14,19)(H,15,21)(H,16,18)(H,17,20). The van der Waals surface area contributed by atoms with Gasteiger partial charge in [0.15, 0.2) is 0 Å². The third-order valence-electron chi connectivity index (χ3n) is 2.85. The Labute approximate surface area is 124 Å². The number of hydrogen-bond acceptors (Lipinski definition) is 4. The van der Waals surface area contributed by atoms with Crippen LogP contribution in [0.4, 0.5) is 0 Å². The van der Waals surface area contributed by atoms with Gasteiger partial charge in [-0.2, -0.15) is 0 Å². The highest BCUT2D eigenvalue weighted by Crippen LogP contribution is 2.00. The Kier molecular flexibility index (Phi) is 8.75. The van der Waals surface area contributed by atoms with E-state index in [2.05, 4.69) is 16.0 Å². The second-order valence-corrected chi connectivity index (χ2v) is 5.20. The van der Waals surface area contributed by atoms with E-state index in [0.717, 1.165) is 0 Å². The van der Waals surface area contributed by atoms with Gasteiger partial charge >= 0.3 is 0 Å². The molecule has 0 rings (SSSR count). The topological polar surface area (TPSA) is 130 Å². The van der Waals surface area contributed by atoms with E-state index < -0.39 is 17.9 Å². The minimum atomic E-state index is -0.678. The molecule has 0 aromatic heterocycles. The van der Waals surface area contributed by atoms with Gasteiger partial charge in [0, 0.05) is 12.5 Å². The second-order valence-electron chi connectivity index (χ2n) is 5.20. The number of rotatable bonds is 10. The van der Waals surface area contributed by atoms with Gasteiger partial charge in [-0.05, 0) is 19.3 Å². The SMILES string of the molecule is CC(CCC(N)=O)NC(=O)CNC(=O)C(NC=O)C(C)C. The lowest BCUT2D eigenvalue weighted by molar-refractivity contribution is -0.129. The van der Waals surface area contributed by atoms with Gasteiger partial charge in [0.05, 0.1) is 6.54 Å². The largest absolute Gasteiger partial charge is 0.370 e. The first-order chi connectivity index (χ1) is 9.77. The van der Waals surface area contributed by atoms with Gasteiger partial charge in [0.2, 0.25) is 24.1 Å². The van der Waals surface area contributed by atoms with Crippen LogP contribution in [0.3, 0.4) is 0 Å². The lowest BCUT2D eigenvalue weighted by atomic mass is 10.0. The summed E-state index contributed by atoms with van der Waals surface area (Å²) < 4.78 is 0. The summed E-state index contributed by atoms with van der Waals surface area (Å²) in [5.74, 6) is -1.30. The third kappa shape index (κ3) is 8.61. The number of carbonyl (C=O) groups excluding carboxylic acids is 4. The summed E-state index contributed by atoms with van der Waals surface area (Å²) >= 11 is 0. The molecule has 5 N–H and O–H groups in total. The third-order valence-corrected chi connectivity index (χ3v) is 2.85.